The Kier molecular flexibility index (Phi) is 14.9. The first-order valence-corrected chi connectivity index (χ1v) is 4.05. The van der Waals surface area contributed by atoms with E-state index in [2.05, 4.69) is 0 Å². The third-order valence-corrected chi connectivity index (χ3v) is 0. The molecule has 0 aliphatic carbocycles. The van der Waals surface area contributed by atoms with Gasteiger partial charge in [0.1, 0.15) is 0 Å². The maximum absolute atomic E-state index is 8.63. The predicted octanol–water partition coefficient (Wildman–Crippen LogP) is -1.96. The van der Waals surface area contributed by atoms with Crippen molar-refractivity contribution in [3.05, 3.63) is 0 Å². The van der Waals surface area contributed by atoms with Crippen molar-refractivity contribution in [2.24, 2.45) is 0 Å². The molecule has 1 radical (unpaired) electrons. The Bertz CT molecular complexity index is 213. The maximum atomic E-state index is 8.63. The molecule has 0 amide bonds. The van der Waals surface area contributed by atoms with Crippen molar-refractivity contribution in [2.75, 3.05) is 0 Å². The summed E-state index contributed by atoms with van der Waals surface area (Å²) < 4.78 is 66.9. The van der Waals surface area contributed by atoms with Crippen LogP contribution in [0.5, 0.6) is 0 Å². The molecule has 0 bridgehead atoms. The summed E-state index contributed by atoms with van der Waals surface area (Å²) in [6.07, 6.45) is 0. The van der Waals surface area contributed by atoms with Gasteiger partial charge in [-0.2, -0.15) is 0 Å². The largest absolute Gasteiger partial charge is 3.00 e. The monoisotopic (exact) mass is 267 g/mol. The van der Waals surface area contributed by atoms with E-state index in [-0.39, 0.29) is 23.2 Å². The first kappa shape index (κ1) is 22.8. The van der Waals surface area contributed by atoms with Gasteiger partial charge in [0.2, 0.25) is 10.4 Å². The molecule has 0 heterocycles. The molecular weight excluding hydrogens is 262 g/mol. The van der Waals surface area contributed by atoms with Crippen LogP contribution in [0.1, 0.15) is 0 Å². The molecule has 0 aliphatic rings. The van der Waals surface area contributed by atoms with Crippen LogP contribution in [-0.2, 0) is 37.9 Å². The van der Waals surface area contributed by atoms with E-state index in [4.69, 9.17) is 35.0 Å². The van der Waals surface area contributed by atoms with Crippen LogP contribution in [0, 0.1) is 0 Å². The maximum Gasteiger partial charge on any atom is 3.00 e. The summed E-state index contributed by atoms with van der Waals surface area (Å²) in [6, 6.07) is 0. The van der Waals surface area contributed by atoms with Gasteiger partial charge in [0.25, 0.3) is 0 Å². The van der Waals surface area contributed by atoms with Gasteiger partial charge in [-0.15, -0.1) is 0 Å². The minimum absolute atomic E-state index is 0. The molecule has 0 saturated heterocycles. The fourth-order valence-corrected chi connectivity index (χ4v) is 0. The molecule has 0 spiro atoms. The van der Waals surface area contributed by atoms with E-state index in [9.17, 15) is 0 Å². The molecule has 0 saturated carbocycles. The van der Waals surface area contributed by atoms with Gasteiger partial charge in [-0.05, 0) is 0 Å². The Hall–Kier alpha value is 0.219. The van der Waals surface area contributed by atoms with Gasteiger partial charge in [-0.1, -0.05) is 0 Å². The van der Waals surface area contributed by atoms with Gasteiger partial charge < -0.3 is 19.8 Å². The van der Waals surface area contributed by atoms with Crippen molar-refractivity contribution in [3.8, 4) is 0 Å². The molecule has 0 aliphatic heterocycles. The van der Waals surface area contributed by atoms with E-state index in [1.54, 1.807) is 0 Å². The zero-order valence-corrected chi connectivity index (χ0v) is 8.21. The standard InChI is InChI=1S/Fe.H3N.2H2O4S/c;;2*1-5(2,3)4/h;1H3;2*(H2,1,2,3,4)/q+3;;;/p-2. The van der Waals surface area contributed by atoms with Crippen molar-refractivity contribution in [2.45, 2.75) is 0 Å². The second kappa shape index (κ2) is 7.85. The second-order valence-corrected chi connectivity index (χ2v) is 2.51. The van der Waals surface area contributed by atoms with E-state index >= 15 is 0 Å². The molecule has 77 valence electrons. The van der Waals surface area contributed by atoms with E-state index in [0.29, 0.717) is 0 Å². The van der Waals surface area contributed by atoms with Crippen LogP contribution in [0.2, 0.25) is 0 Å². The molecule has 0 unspecified atom stereocenters. The molecule has 0 aromatic heterocycles. The summed E-state index contributed by atoms with van der Waals surface area (Å²) in [5, 5.41) is 0. The summed E-state index contributed by atoms with van der Waals surface area (Å²) in [7, 11) is -10.1. The van der Waals surface area contributed by atoms with Crippen LogP contribution >= 0.6 is 0 Å². The van der Waals surface area contributed by atoms with E-state index in [1.165, 1.54) is 0 Å². The molecule has 0 aromatic carbocycles. The van der Waals surface area contributed by atoms with Gasteiger partial charge in [-0.3, -0.25) is 13.0 Å². The molecule has 0 rings (SSSR count). The predicted molar refractivity (Wildman–Crippen MR) is 28.8 cm³/mol. The fraction of sp³-hybridized carbons (Fsp3) is 0. The minimum atomic E-state index is -5.17. The molecule has 12 heteroatoms. The topological polar surface area (TPSA) is 194 Å². The number of rotatable bonds is 0. The zero-order valence-electron chi connectivity index (χ0n) is 5.48. The van der Waals surface area contributed by atoms with Gasteiger partial charge in [-0.25, -0.2) is 8.42 Å². The Morgan fingerprint density at radius 1 is 0.917 bits per heavy atom. The average Bonchev–Trinajstić information content (AvgIpc) is 1.12. The fourth-order valence-electron chi connectivity index (χ4n) is 0. The average molecular weight is 267 g/mol. The summed E-state index contributed by atoms with van der Waals surface area (Å²) in [5.74, 6) is 0. The first-order chi connectivity index (χ1) is 4.00. The Balaban J connectivity index is -0.0000000457. The summed E-state index contributed by atoms with van der Waals surface area (Å²) in [4.78, 5) is 0. The Labute approximate surface area is 79.4 Å². The Morgan fingerprint density at radius 3 is 0.917 bits per heavy atom. The van der Waals surface area contributed by atoms with Crippen molar-refractivity contribution in [1.29, 1.82) is 0 Å². The van der Waals surface area contributed by atoms with E-state index in [1.807, 2.05) is 0 Å². The zero-order chi connectivity index (χ0) is 9.00. The third kappa shape index (κ3) is 18000. The summed E-state index contributed by atoms with van der Waals surface area (Å²) >= 11 is 0. The van der Waals surface area contributed by atoms with Crippen molar-refractivity contribution in [3.63, 3.8) is 0 Å². The molecular formula is H5FeNO8S2+. The van der Waals surface area contributed by atoms with Gasteiger partial charge in [0.15, 0.2) is 0 Å². The Morgan fingerprint density at radius 2 is 0.917 bits per heavy atom. The molecule has 9 nitrogen and oxygen atoms in total. The minimum Gasteiger partial charge on any atom is -0.759 e. The van der Waals surface area contributed by atoms with Crippen LogP contribution in [0.15, 0.2) is 0 Å². The van der Waals surface area contributed by atoms with Crippen molar-refractivity contribution < 1.29 is 52.1 Å². The SMILES string of the molecule is O=S(=O)([O-])O.O=S(=O)([O-])[O-].[Fe+3].[NH4+]. The van der Waals surface area contributed by atoms with Gasteiger partial charge >= 0.3 is 17.1 Å². The molecule has 0 atom stereocenters. The van der Waals surface area contributed by atoms with Crippen molar-refractivity contribution in [1.82, 2.24) is 6.15 Å². The van der Waals surface area contributed by atoms with Crippen LogP contribution in [0.3, 0.4) is 0 Å². The summed E-state index contributed by atoms with van der Waals surface area (Å²) in [5.41, 5.74) is 0. The van der Waals surface area contributed by atoms with Crippen molar-refractivity contribution >= 4 is 20.8 Å². The van der Waals surface area contributed by atoms with Gasteiger partial charge in [0, 0.05) is 10.4 Å². The molecule has 12 heavy (non-hydrogen) atoms. The van der Waals surface area contributed by atoms with Crippen LogP contribution in [0.4, 0.5) is 0 Å². The van der Waals surface area contributed by atoms with Gasteiger partial charge in [0.05, 0.1) is 0 Å². The quantitative estimate of drug-likeness (QED) is 0.286. The number of hydrogen-bond acceptors (Lipinski definition) is 7. The smallest absolute Gasteiger partial charge is 0.759 e. The van der Waals surface area contributed by atoms with E-state index in [0.717, 1.165) is 0 Å². The van der Waals surface area contributed by atoms with Crippen LogP contribution in [0.25, 0.3) is 0 Å². The molecule has 0 aromatic rings. The van der Waals surface area contributed by atoms with Crippen LogP contribution in [-0.4, -0.2) is 35.0 Å². The third-order valence-electron chi connectivity index (χ3n) is 0. The molecule has 5 N–H and O–H groups in total. The second-order valence-electron chi connectivity index (χ2n) is 0.836. The molecule has 0 fully saturated rings. The first-order valence-electron chi connectivity index (χ1n) is 1.35. The number of hydrogen-bond donors (Lipinski definition) is 2. The number of quaternary nitrogens is 1. The normalized spacial score (nSPS) is 9.67. The van der Waals surface area contributed by atoms with Crippen LogP contribution < -0.4 is 6.15 Å². The summed E-state index contributed by atoms with van der Waals surface area (Å²) in [6.45, 7) is 0. The van der Waals surface area contributed by atoms with E-state index < -0.39 is 20.8 Å².